The van der Waals surface area contributed by atoms with E-state index in [-0.39, 0.29) is 11.3 Å². The third kappa shape index (κ3) is 2.12. The first-order valence-electron chi connectivity index (χ1n) is 5.66. The maximum Gasteiger partial charge on any atom is 0.195 e. The van der Waals surface area contributed by atoms with Crippen LogP contribution in [0.3, 0.4) is 0 Å². The first-order valence-corrected chi connectivity index (χ1v) is 5.66. The molecule has 0 fully saturated rings. The minimum Gasteiger partial charge on any atom is -0.399 e. The molecular weight excluding hydrogens is 229 g/mol. The van der Waals surface area contributed by atoms with E-state index in [1.165, 1.54) is 6.07 Å². The molecule has 2 rings (SSSR count). The zero-order valence-electron chi connectivity index (χ0n) is 10.3. The zero-order valence-corrected chi connectivity index (χ0v) is 10.3. The van der Waals surface area contributed by atoms with Crippen LogP contribution in [0.2, 0.25) is 0 Å². The van der Waals surface area contributed by atoms with Gasteiger partial charge in [-0.05, 0) is 49.2 Å². The highest BCUT2D eigenvalue weighted by Crippen LogP contribution is 2.19. The third-order valence-corrected chi connectivity index (χ3v) is 2.97. The number of halogens is 1. The van der Waals surface area contributed by atoms with Crippen molar-refractivity contribution in [2.75, 3.05) is 5.73 Å². The van der Waals surface area contributed by atoms with Crippen LogP contribution >= 0.6 is 0 Å². The monoisotopic (exact) mass is 243 g/mol. The number of nitrogen functional groups attached to an aromatic ring is 1. The summed E-state index contributed by atoms with van der Waals surface area (Å²) in [6.07, 6.45) is 0. The molecule has 0 aromatic heterocycles. The number of anilines is 1. The van der Waals surface area contributed by atoms with E-state index in [9.17, 15) is 9.18 Å². The highest BCUT2D eigenvalue weighted by molar-refractivity contribution is 6.09. The van der Waals surface area contributed by atoms with Crippen LogP contribution in [-0.4, -0.2) is 5.78 Å². The molecule has 0 spiro atoms. The summed E-state index contributed by atoms with van der Waals surface area (Å²) in [5.74, 6) is -0.781. The smallest absolute Gasteiger partial charge is 0.195 e. The van der Waals surface area contributed by atoms with Crippen LogP contribution in [-0.2, 0) is 0 Å². The summed E-state index contributed by atoms with van der Waals surface area (Å²) in [4.78, 5) is 12.2. The number of carbonyl (C=O) groups excluding carboxylic acids is 1. The van der Waals surface area contributed by atoms with Gasteiger partial charge in [-0.1, -0.05) is 12.1 Å². The Morgan fingerprint density at radius 3 is 2.50 bits per heavy atom. The first kappa shape index (κ1) is 12.3. The van der Waals surface area contributed by atoms with E-state index in [1.54, 1.807) is 37.3 Å². The molecular formula is C15H14FNO. The number of benzene rings is 2. The fourth-order valence-electron chi connectivity index (χ4n) is 1.80. The lowest BCUT2D eigenvalue weighted by Gasteiger charge is -2.07. The molecule has 0 radical (unpaired) electrons. The average molecular weight is 243 g/mol. The van der Waals surface area contributed by atoms with E-state index < -0.39 is 5.82 Å². The Labute approximate surface area is 105 Å². The lowest BCUT2D eigenvalue weighted by atomic mass is 9.99. The van der Waals surface area contributed by atoms with Gasteiger partial charge >= 0.3 is 0 Å². The standard InChI is InChI=1S/C15H14FNO/c1-9-4-3-5-12(14(9)16)15(18)11-6-7-13(17)10(2)8-11/h3-8H,17H2,1-2H3. The van der Waals surface area contributed by atoms with Crippen molar-refractivity contribution in [1.29, 1.82) is 0 Å². The highest BCUT2D eigenvalue weighted by Gasteiger charge is 2.15. The molecule has 18 heavy (non-hydrogen) atoms. The topological polar surface area (TPSA) is 43.1 Å². The molecule has 0 saturated carbocycles. The summed E-state index contributed by atoms with van der Waals surface area (Å²) < 4.78 is 13.9. The predicted molar refractivity (Wildman–Crippen MR) is 70.2 cm³/mol. The second kappa shape index (κ2) is 4.61. The molecule has 0 amide bonds. The molecule has 0 unspecified atom stereocenters. The van der Waals surface area contributed by atoms with E-state index >= 15 is 0 Å². The molecule has 2 N–H and O–H groups in total. The van der Waals surface area contributed by atoms with Gasteiger partial charge in [0.25, 0.3) is 0 Å². The number of hydrogen-bond acceptors (Lipinski definition) is 2. The molecule has 2 aromatic carbocycles. The molecule has 0 aliphatic carbocycles. The van der Waals surface area contributed by atoms with Gasteiger partial charge in [-0.25, -0.2) is 4.39 Å². The second-order valence-corrected chi connectivity index (χ2v) is 4.34. The molecule has 2 nitrogen and oxygen atoms in total. The average Bonchev–Trinajstić information content (AvgIpc) is 2.35. The largest absolute Gasteiger partial charge is 0.399 e. The van der Waals surface area contributed by atoms with Crippen LogP contribution in [0.5, 0.6) is 0 Å². The van der Waals surface area contributed by atoms with Crippen molar-refractivity contribution >= 4 is 11.5 Å². The SMILES string of the molecule is Cc1cc(C(=O)c2cccc(C)c2F)ccc1N. The predicted octanol–water partition coefficient (Wildman–Crippen LogP) is 3.26. The van der Waals surface area contributed by atoms with Crippen molar-refractivity contribution < 1.29 is 9.18 Å². The van der Waals surface area contributed by atoms with E-state index in [2.05, 4.69) is 0 Å². The van der Waals surface area contributed by atoms with Crippen LogP contribution in [0.25, 0.3) is 0 Å². The van der Waals surface area contributed by atoms with E-state index in [0.717, 1.165) is 5.56 Å². The fourth-order valence-corrected chi connectivity index (χ4v) is 1.80. The first-order chi connectivity index (χ1) is 8.50. The number of nitrogens with two attached hydrogens (primary N) is 1. The lowest BCUT2D eigenvalue weighted by Crippen LogP contribution is -2.06. The molecule has 0 aliphatic rings. The van der Waals surface area contributed by atoms with E-state index in [0.29, 0.717) is 16.8 Å². The Hall–Kier alpha value is -2.16. The van der Waals surface area contributed by atoms with Crippen molar-refractivity contribution in [3.05, 3.63) is 64.5 Å². The summed E-state index contributed by atoms with van der Waals surface area (Å²) in [7, 11) is 0. The number of hydrogen-bond donors (Lipinski definition) is 1. The molecule has 0 heterocycles. The lowest BCUT2D eigenvalue weighted by molar-refractivity contribution is 0.103. The Bertz CT molecular complexity index is 620. The Morgan fingerprint density at radius 2 is 1.83 bits per heavy atom. The quantitative estimate of drug-likeness (QED) is 0.650. The summed E-state index contributed by atoms with van der Waals surface area (Å²) >= 11 is 0. The molecule has 0 saturated heterocycles. The Morgan fingerprint density at radius 1 is 1.11 bits per heavy atom. The van der Waals surface area contributed by atoms with E-state index in [1.807, 2.05) is 6.92 Å². The number of ketones is 1. The van der Waals surface area contributed by atoms with Crippen molar-refractivity contribution in [3.63, 3.8) is 0 Å². The minimum atomic E-state index is -0.461. The summed E-state index contributed by atoms with van der Waals surface area (Å²) in [6, 6.07) is 9.77. The van der Waals surface area contributed by atoms with Gasteiger partial charge in [-0.3, -0.25) is 4.79 Å². The van der Waals surface area contributed by atoms with Crippen molar-refractivity contribution in [3.8, 4) is 0 Å². The molecule has 2 aromatic rings. The van der Waals surface area contributed by atoms with Gasteiger partial charge in [0.15, 0.2) is 5.78 Å². The van der Waals surface area contributed by atoms with Crippen LogP contribution in [0.1, 0.15) is 27.0 Å². The van der Waals surface area contributed by atoms with Crippen LogP contribution in [0.15, 0.2) is 36.4 Å². The van der Waals surface area contributed by atoms with Gasteiger partial charge in [-0.2, -0.15) is 0 Å². The molecule has 0 bridgehead atoms. The number of aryl methyl sites for hydroxylation is 2. The van der Waals surface area contributed by atoms with Gasteiger partial charge < -0.3 is 5.73 Å². The van der Waals surface area contributed by atoms with Crippen LogP contribution in [0.4, 0.5) is 10.1 Å². The third-order valence-electron chi connectivity index (χ3n) is 2.97. The van der Waals surface area contributed by atoms with Gasteiger partial charge in [0, 0.05) is 11.3 Å². The van der Waals surface area contributed by atoms with Gasteiger partial charge in [0.1, 0.15) is 5.82 Å². The maximum absolute atomic E-state index is 13.9. The summed E-state index contributed by atoms with van der Waals surface area (Å²) in [5, 5.41) is 0. The Balaban J connectivity index is 2.48. The number of rotatable bonds is 2. The van der Waals surface area contributed by atoms with Crippen molar-refractivity contribution in [2.45, 2.75) is 13.8 Å². The summed E-state index contributed by atoms with van der Waals surface area (Å²) in [6.45, 7) is 3.46. The summed E-state index contributed by atoms with van der Waals surface area (Å²) in [5.41, 5.74) is 8.14. The molecule has 0 atom stereocenters. The number of carbonyl (C=O) groups is 1. The van der Waals surface area contributed by atoms with Crippen molar-refractivity contribution in [1.82, 2.24) is 0 Å². The van der Waals surface area contributed by atoms with E-state index in [4.69, 9.17) is 5.73 Å². The van der Waals surface area contributed by atoms with Crippen molar-refractivity contribution in [2.24, 2.45) is 0 Å². The molecule has 92 valence electrons. The minimum absolute atomic E-state index is 0.0965. The fraction of sp³-hybridized carbons (Fsp3) is 0.133. The van der Waals surface area contributed by atoms with Crippen LogP contribution < -0.4 is 5.73 Å². The normalized spacial score (nSPS) is 10.4. The molecule has 3 heteroatoms. The van der Waals surface area contributed by atoms with Gasteiger partial charge in [0.2, 0.25) is 0 Å². The van der Waals surface area contributed by atoms with Crippen LogP contribution in [0, 0.1) is 19.7 Å². The second-order valence-electron chi connectivity index (χ2n) is 4.34. The Kier molecular flexibility index (Phi) is 3.15. The highest BCUT2D eigenvalue weighted by atomic mass is 19.1. The zero-order chi connectivity index (χ0) is 13.3. The maximum atomic E-state index is 13.9. The van der Waals surface area contributed by atoms with Gasteiger partial charge in [-0.15, -0.1) is 0 Å². The van der Waals surface area contributed by atoms with Gasteiger partial charge in [0.05, 0.1) is 5.56 Å². The molecule has 0 aliphatic heterocycles.